The molecule has 1 aliphatic heterocycles. The van der Waals surface area contributed by atoms with E-state index >= 15 is 0 Å². The lowest BCUT2D eigenvalue weighted by Crippen LogP contribution is -2.50. The van der Waals surface area contributed by atoms with E-state index in [1.165, 1.54) is 24.3 Å². The molecule has 1 aliphatic carbocycles. The van der Waals surface area contributed by atoms with Crippen molar-refractivity contribution in [2.75, 3.05) is 19.6 Å². The summed E-state index contributed by atoms with van der Waals surface area (Å²) >= 11 is 0. The molecule has 9 nitrogen and oxygen atoms in total. The summed E-state index contributed by atoms with van der Waals surface area (Å²) in [7, 11) is -3.94. The molecule has 174 valence electrons. The average Bonchev–Trinajstić information content (AvgIpc) is 3.63. The minimum Gasteiger partial charge on any atom is -0.354 e. The second-order valence-corrected chi connectivity index (χ2v) is 10.2. The molecular weight excluding hydrogens is 444 g/mol. The Morgan fingerprint density at radius 1 is 1.09 bits per heavy atom. The third-order valence-electron chi connectivity index (χ3n) is 5.57. The minimum absolute atomic E-state index is 0.0770. The van der Waals surface area contributed by atoms with Gasteiger partial charge in [0.15, 0.2) is 0 Å². The molecule has 3 amide bonds. The van der Waals surface area contributed by atoms with E-state index in [1.54, 1.807) is 0 Å². The van der Waals surface area contributed by atoms with Crippen LogP contribution in [0.1, 0.15) is 28.8 Å². The summed E-state index contributed by atoms with van der Waals surface area (Å²) in [6, 6.07) is 14.3. The summed E-state index contributed by atoms with van der Waals surface area (Å²) in [5.41, 5.74) is 1.02. The Bertz CT molecular complexity index is 1150. The molecule has 3 N–H and O–H groups in total. The smallest absolute Gasteiger partial charge is 0.251 e. The number of hydrogen-bond acceptors (Lipinski definition) is 5. The molecule has 10 heteroatoms. The Labute approximate surface area is 192 Å². The van der Waals surface area contributed by atoms with Crippen molar-refractivity contribution < 1.29 is 22.8 Å². The maximum atomic E-state index is 13.0. The fraction of sp³-hybridized carbons (Fsp3) is 0.348. The Morgan fingerprint density at radius 2 is 1.85 bits per heavy atom. The molecule has 1 heterocycles. The molecule has 1 saturated heterocycles. The summed E-state index contributed by atoms with van der Waals surface area (Å²) in [6.07, 6.45) is 2.16. The third-order valence-corrected chi connectivity index (χ3v) is 7.41. The number of nitrogens with zero attached hydrogens (tertiary/aromatic N) is 1. The van der Waals surface area contributed by atoms with Crippen LogP contribution in [0, 0.1) is 0 Å². The van der Waals surface area contributed by atoms with Crippen LogP contribution < -0.4 is 16.0 Å². The highest BCUT2D eigenvalue weighted by Gasteiger charge is 2.31. The second kappa shape index (κ2) is 9.72. The molecule has 0 aromatic heterocycles. The molecule has 0 radical (unpaired) electrons. The zero-order chi connectivity index (χ0) is 23.4. The molecule has 2 fully saturated rings. The summed E-state index contributed by atoms with van der Waals surface area (Å²) < 4.78 is 27.0. The Kier molecular flexibility index (Phi) is 6.75. The van der Waals surface area contributed by atoms with E-state index in [9.17, 15) is 22.8 Å². The van der Waals surface area contributed by atoms with E-state index in [0.717, 1.165) is 22.7 Å². The number of benzene rings is 2. The van der Waals surface area contributed by atoms with Crippen LogP contribution in [-0.2, 0) is 26.0 Å². The SMILES string of the molecule is O=C1CN(S(=O)(=O)c2cccc(C(=O)NC(Cc3ccccc3)C(=O)NC3CC3)c2)CCN1. The van der Waals surface area contributed by atoms with Crippen LogP contribution in [0.5, 0.6) is 0 Å². The van der Waals surface area contributed by atoms with Gasteiger partial charge in [0, 0.05) is 31.1 Å². The van der Waals surface area contributed by atoms with E-state index in [0.29, 0.717) is 6.42 Å². The molecule has 2 aliphatic rings. The van der Waals surface area contributed by atoms with Gasteiger partial charge in [-0.3, -0.25) is 14.4 Å². The average molecular weight is 471 g/mol. The zero-order valence-corrected chi connectivity index (χ0v) is 18.8. The van der Waals surface area contributed by atoms with Crippen LogP contribution in [0.2, 0.25) is 0 Å². The normalized spacial score (nSPS) is 17.6. The number of nitrogens with one attached hydrogen (secondary N) is 3. The number of amides is 3. The van der Waals surface area contributed by atoms with Crippen LogP contribution in [0.4, 0.5) is 0 Å². The van der Waals surface area contributed by atoms with E-state index in [2.05, 4.69) is 16.0 Å². The predicted molar refractivity (Wildman–Crippen MR) is 121 cm³/mol. The lowest BCUT2D eigenvalue weighted by atomic mass is 10.0. The van der Waals surface area contributed by atoms with Crippen LogP contribution in [0.15, 0.2) is 59.5 Å². The lowest BCUT2D eigenvalue weighted by Gasteiger charge is -2.26. The predicted octanol–water partition coefficient (Wildman–Crippen LogP) is 0.427. The number of rotatable bonds is 8. The van der Waals surface area contributed by atoms with Gasteiger partial charge in [-0.15, -0.1) is 0 Å². The highest BCUT2D eigenvalue weighted by atomic mass is 32.2. The Balaban J connectivity index is 1.52. The van der Waals surface area contributed by atoms with Crippen LogP contribution in [-0.4, -0.2) is 62.2 Å². The summed E-state index contributed by atoms with van der Waals surface area (Å²) in [5.74, 6) is -1.18. The first-order valence-electron chi connectivity index (χ1n) is 10.8. The van der Waals surface area contributed by atoms with E-state index in [4.69, 9.17) is 0 Å². The van der Waals surface area contributed by atoms with Crippen molar-refractivity contribution in [3.05, 3.63) is 65.7 Å². The highest BCUT2D eigenvalue weighted by molar-refractivity contribution is 7.89. The molecular formula is C23H26N4O5S. The molecule has 2 aromatic rings. The number of sulfonamides is 1. The second-order valence-electron chi connectivity index (χ2n) is 8.22. The fourth-order valence-corrected chi connectivity index (χ4v) is 5.04. The van der Waals surface area contributed by atoms with Crippen molar-refractivity contribution in [2.24, 2.45) is 0 Å². The van der Waals surface area contributed by atoms with E-state index < -0.39 is 22.0 Å². The van der Waals surface area contributed by atoms with Crippen molar-refractivity contribution in [2.45, 2.75) is 36.2 Å². The fourth-order valence-electron chi connectivity index (χ4n) is 3.60. The van der Waals surface area contributed by atoms with Gasteiger partial charge in [0.1, 0.15) is 6.04 Å². The topological polar surface area (TPSA) is 125 Å². The molecule has 1 atom stereocenters. The van der Waals surface area contributed by atoms with Crippen molar-refractivity contribution >= 4 is 27.7 Å². The number of piperazine rings is 1. The molecule has 1 unspecified atom stereocenters. The maximum absolute atomic E-state index is 13.0. The van der Waals surface area contributed by atoms with Gasteiger partial charge in [-0.25, -0.2) is 8.42 Å². The standard InChI is InChI=1S/C23H26N4O5S/c28-21-15-27(12-11-24-21)33(31,32)19-8-4-7-17(14-19)22(29)26-20(23(30)25-18-9-10-18)13-16-5-2-1-3-6-16/h1-8,14,18,20H,9-13,15H2,(H,24,28)(H,25,30)(H,26,29). The minimum atomic E-state index is -3.94. The monoisotopic (exact) mass is 470 g/mol. The summed E-state index contributed by atoms with van der Waals surface area (Å²) in [5, 5.41) is 8.26. The van der Waals surface area contributed by atoms with Crippen LogP contribution in [0.25, 0.3) is 0 Å². The first-order valence-corrected chi connectivity index (χ1v) is 12.3. The summed E-state index contributed by atoms with van der Waals surface area (Å²) in [4.78, 5) is 37.3. The van der Waals surface area contributed by atoms with Gasteiger partial charge in [0.2, 0.25) is 21.8 Å². The zero-order valence-electron chi connectivity index (χ0n) is 18.0. The Morgan fingerprint density at radius 3 is 2.55 bits per heavy atom. The van der Waals surface area contributed by atoms with Crippen molar-refractivity contribution in [1.29, 1.82) is 0 Å². The third kappa shape index (κ3) is 5.77. The van der Waals surface area contributed by atoms with Gasteiger partial charge >= 0.3 is 0 Å². The quantitative estimate of drug-likeness (QED) is 0.516. The van der Waals surface area contributed by atoms with E-state index in [1.807, 2.05) is 30.3 Å². The van der Waals surface area contributed by atoms with Gasteiger partial charge in [-0.05, 0) is 36.6 Å². The number of hydrogen-bond donors (Lipinski definition) is 3. The lowest BCUT2D eigenvalue weighted by molar-refractivity contribution is -0.123. The van der Waals surface area contributed by atoms with Crippen LogP contribution >= 0.6 is 0 Å². The van der Waals surface area contributed by atoms with E-state index in [-0.39, 0.29) is 47.9 Å². The summed E-state index contributed by atoms with van der Waals surface area (Å²) in [6.45, 7) is 0.125. The van der Waals surface area contributed by atoms with Crippen molar-refractivity contribution in [3.63, 3.8) is 0 Å². The van der Waals surface area contributed by atoms with Crippen molar-refractivity contribution in [3.8, 4) is 0 Å². The van der Waals surface area contributed by atoms with Crippen molar-refractivity contribution in [1.82, 2.24) is 20.3 Å². The Hall–Kier alpha value is -3.24. The number of carbonyl (C=O) groups is 3. The molecule has 2 aromatic carbocycles. The van der Waals surface area contributed by atoms with Gasteiger partial charge in [-0.2, -0.15) is 4.31 Å². The maximum Gasteiger partial charge on any atom is 0.251 e. The van der Waals surface area contributed by atoms with Crippen LogP contribution in [0.3, 0.4) is 0 Å². The molecule has 1 saturated carbocycles. The van der Waals surface area contributed by atoms with Gasteiger partial charge in [0.05, 0.1) is 11.4 Å². The molecule has 4 rings (SSSR count). The number of carbonyl (C=O) groups excluding carboxylic acids is 3. The molecule has 0 spiro atoms. The van der Waals surface area contributed by atoms with Gasteiger partial charge in [0.25, 0.3) is 5.91 Å². The molecule has 33 heavy (non-hydrogen) atoms. The highest BCUT2D eigenvalue weighted by Crippen LogP contribution is 2.20. The first-order chi connectivity index (χ1) is 15.8. The van der Waals surface area contributed by atoms with Gasteiger partial charge in [-0.1, -0.05) is 36.4 Å². The first kappa shape index (κ1) is 22.9. The largest absolute Gasteiger partial charge is 0.354 e. The van der Waals surface area contributed by atoms with Gasteiger partial charge < -0.3 is 16.0 Å². The molecule has 0 bridgehead atoms.